The number of aryl methyl sites for hydroxylation is 1. The third kappa shape index (κ3) is 5.28. The smallest absolute Gasteiger partial charge is 0.322 e. The molecule has 1 amide bonds. The van der Waals surface area contributed by atoms with Crippen molar-refractivity contribution in [2.75, 3.05) is 11.1 Å². The molecule has 0 spiro atoms. The first-order chi connectivity index (χ1) is 10.9. The molecule has 0 aliphatic rings. The molecule has 0 atom stereocenters. The Hall–Kier alpha value is -2.02. The van der Waals surface area contributed by atoms with E-state index in [2.05, 4.69) is 10.3 Å². The summed E-state index contributed by atoms with van der Waals surface area (Å²) >= 11 is 0.504. The van der Waals surface area contributed by atoms with Gasteiger partial charge in [0.15, 0.2) is 0 Å². The van der Waals surface area contributed by atoms with E-state index < -0.39 is 17.8 Å². The molecule has 7 heteroatoms. The number of halogens is 3. The molecular formula is C16H15F3N2OS. The molecule has 2 aromatic rings. The zero-order chi connectivity index (χ0) is 16.9. The number of aromatic nitrogens is 1. The maximum Gasteiger partial charge on any atom is 0.398 e. The molecule has 0 saturated carbocycles. The van der Waals surface area contributed by atoms with E-state index in [-0.39, 0.29) is 10.6 Å². The Morgan fingerprint density at radius 1 is 1.26 bits per heavy atom. The van der Waals surface area contributed by atoms with Crippen LogP contribution in [0.15, 0.2) is 47.6 Å². The summed E-state index contributed by atoms with van der Waals surface area (Å²) in [6, 6.07) is 10.3. The number of nitrogens with zero attached hydrogens (tertiary/aromatic N) is 1. The lowest BCUT2D eigenvalue weighted by Crippen LogP contribution is -2.15. The van der Waals surface area contributed by atoms with Crippen LogP contribution in [0.4, 0.5) is 18.9 Å². The van der Waals surface area contributed by atoms with Crippen LogP contribution in [0.25, 0.3) is 0 Å². The molecule has 0 aliphatic heterocycles. The van der Waals surface area contributed by atoms with Crippen molar-refractivity contribution >= 4 is 23.4 Å². The number of carbonyl (C=O) groups excluding carboxylic acids is 1. The van der Waals surface area contributed by atoms with Crippen molar-refractivity contribution in [3.8, 4) is 0 Å². The quantitative estimate of drug-likeness (QED) is 0.812. The monoisotopic (exact) mass is 340 g/mol. The largest absolute Gasteiger partial charge is 0.398 e. The Bertz CT molecular complexity index is 689. The number of benzene rings is 1. The number of pyridine rings is 1. The molecule has 0 saturated heterocycles. The minimum atomic E-state index is -4.31. The number of hydrogen-bond donors (Lipinski definition) is 1. The number of carbonyl (C=O) groups is 1. The molecule has 0 aliphatic carbocycles. The van der Waals surface area contributed by atoms with Gasteiger partial charge in [-0.3, -0.25) is 4.79 Å². The van der Waals surface area contributed by atoms with Gasteiger partial charge in [0.25, 0.3) is 5.91 Å². The minimum Gasteiger partial charge on any atom is -0.322 e. The topological polar surface area (TPSA) is 42.0 Å². The molecule has 0 unspecified atom stereocenters. The van der Waals surface area contributed by atoms with Crippen LogP contribution in [0.1, 0.15) is 22.8 Å². The van der Waals surface area contributed by atoms with Crippen LogP contribution in [0.2, 0.25) is 0 Å². The molecule has 2 rings (SSSR count). The number of nitrogens with one attached hydrogen (secondary N) is 1. The second-order valence-electron chi connectivity index (χ2n) is 4.77. The fourth-order valence-electron chi connectivity index (χ4n) is 1.90. The van der Waals surface area contributed by atoms with Gasteiger partial charge in [0.05, 0.1) is 11.3 Å². The molecule has 0 fully saturated rings. The van der Waals surface area contributed by atoms with Gasteiger partial charge in [-0.25, -0.2) is 4.98 Å². The van der Waals surface area contributed by atoms with Gasteiger partial charge in [0.1, 0.15) is 5.03 Å². The Balaban J connectivity index is 2.15. The Morgan fingerprint density at radius 2 is 2.04 bits per heavy atom. The number of rotatable bonds is 5. The molecule has 23 heavy (non-hydrogen) atoms. The first kappa shape index (κ1) is 17.3. The predicted molar refractivity (Wildman–Crippen MR) is 84.8 cm³/mol. The van der Waals surface area contributed by atoms with Crippen LogP contribution in [-0.2, 0) is 6.42 Å². The Morgan fingerprint density at radius 3 is 2.74 bits per heavy atom. The van der Waals surface area contributed by atoms with Crippen molar-refractivity contribution in [3.05, 3.63) is 53.7 Å². The van der Waals surface area contributed by atoms with E-state index in [0.717, 1.165) is 12.0 Å². The van der Waals surface area contributed by atoms with Gasteiger partial charge in [0, 0.05) is 11.9 Å². The van der Waals surface area contributed by atoms with Crippen LogP contribution in [0.3, 0.4) is 0 Å². The molecule has 3 nitrogen and oxygen atoms in total. The lowest BCUT2D eigenvalue weighted by Gasteiger charge is -2.11. The van der Waals surface area contributed by atoms with Crippen LogP contribution in [0.5, 0.6) is 0 Å². The van der Waals surface area contributed by atoms with Crippen LogP contribution in [0, 0.1) is 0 Å². The van der Waals surface area contributed by atoms with E-state index in [0.29, 0.717) is 17.4 Å². The third-order valence-corrected chi connectivity index (χ3v) is 4.05. The number of alkyl halides is 3. The highest BCUT2D eigenvalue weighted by atomic mass is 32.2. The highest BCUT2D eigenvalue weighted by Gasteiger charge is 2.28. The fraction of sp³-hybridized carbons (Fsp3) is 0.250. The fourth-order valence-corrected chi connectivity index (χ4v) is 2.65. The summed E-state index contributed by atoms with van der Waals surface area (Å²) in [5.74, 6) is -1.56. The van der Waals surface area contributed by atoms with Crippen molar-refractivity contribution in [2.24, 2.45) is 0 Å². The molecule has 1 N–H and O–H groups in total. The zero-order valence-corrected chi connectivity index (χ0v) is 13.2. The molecule has 1 heterocycles. The average Bonchev–Trinajstić information content (AvgIpc) is 2.52. The highest BCUT2D eigenvalue weighted by molar-refractivity contribution is 7.99. The average molecular weight is 340 g/mol. The SMILES string of the molecule is CCc1cccc(NC(=O)c2cccnc2SCC(F)(F)F)c1. The van der Waals surface area contributed by atoms with E-state index in [1.807, 2.05) is 25.1 Å². The van der Waals surface area contributed by atoms with Gasteiger partial charge in [0.2, 0.25) is 0 Å². The maximum atomic E-state index is 12.4. The second-order valence-corrected chi connectivity index (χ2v) is 5.73. The maximum absolute atomic E-state index is 12.4. The summed E-state index contributed by atoms with van der Waals surface area (Å²) in [5, 5.41) is 2.76. The standard InChI is InChI=1S/C16H15F3N2OS/c1-2-11-5-3-6-12(9-11)21-14(22)13-7-4-8-20-15(13)23-10-16(17,18)19/h3-9H,2,10H2,1H3,(H,21,22). The number of hydrogen-bond acceptors (Lipinski definition) is 3. The molecule has 122 valence electrons. The first-order valence-corrected chi connectivity index (χ1v) is 7.92. The number of anilines is 1. The van der Waals surface area contributed by atoms with Gasteiger partial charge in [-0.1, -0.05) is 30.8 Å². The Kier molecular flexibility index (Phi) is 5.65. The van der Waals surface area contributed by atoms with Crippen molar-refractivity contribution in [2.45, 2.75) is 24.5 Å². The summed E-state index contributed by atoms with van der Waals surface area (Å²) in [4.78, 5) is 16.2. The lowest BCUT2D eigenvalue weighted by molar-refractivity contribution is -0.105. The van der Waals surface area contributed by atoms with Gasteiger partial charge >= 0.3 is 6.18 Å². The summed E-state index contributed by atoms with van der Waals surface area (Å²) in [5.41, 5.74) is 1.79. The van der Waals surface area contributed by atoms with Crippen molar-refractivity contribution < 1.29 is 18.0 Å². The summed E-state index contributed by atoms with van der Waals surface area (Å²) < 4.78 is 37.1. The molecule has 1 aromatic heterocycles. The molecule has 1 aromatic carbocycles. The normalized spacial score (nSPS) is 11.3. The predicted octanol–water partition coefficient (Wildman–Crippen LogP) is 4.55. The van der Waals surface area contributed by atoms with Gasteiger partial charge in [-0.15, -0.1) is 0 Å². The van der Waals surface area contributed by atoms with Gasteiger partial charge in [-0.05, 0) is 36.2 Å². The number of thioether (sulfide) groups is 1. The molecule has 0 bridgehead atoms. The van der Waals surface area contributed by atoms with Gasteiger partial charge < -0.3 is 5.32 Å². The van der Waals surface area contributed by atoms with E-state index in [1.165, 1.54) is 18.3 Å². The van der Waals surface area contributed by atoms with Crippen LogP contribution >= 0.6 is 11.8 Å². The van der Waals surface area contributed by atoms with E-state index in [4.69, 9.17) is 0 Å². The minimum absolute atomic E-state index is 0.0639. The summed E-state index contributed by atoms with van der Waals surface area (Å²) in [6.07, 6.45) is -2.12. The zero-order valence-electron chi connectivity index (χ0n) is 12.4. The van der Waals surface area contributed by atoms with Crippen molar-refractivity contribution in [1.82, 2.24) is 4.98 Å². The molecule has 0 radical (unpaired) electrons. The van der Waals surface area contributed by atoms with Crippen molar-refractivity contribution in [1.29, 1.82) is 0 Å². The van der Waals surface area contributed by atoms with Crippen LogP contribution < -0.4 is 5.32 Å². The van der Waals surface area contributed by atoms with Gasteiger partial charge in [-0.2, -0.15) is 13.2 Å². The first-order valence-electron chi connectivity index (χ1n) is 6.94. The van der Waals surface area contributed by atoms with E-state index in [1.54, 1.807) is 6.07 Å². The Labute approximate surface area is 136 Å². The lowest BCUT2D eigenvalue weighted by atomic mass is 10.1. The van der Waals surface area contributed by atoms with E-state index in [9.17, 15) is 18.0 Å². The van der Waals surface area contributed by atoms with E-state index >= 15 is 0 Å². The number of amides is 1. The highest BCUT2D eigenvalue weighted by Crippen LogP contribution is 2.28. The van der Waals surface area contributed by atoms with Crippen molar-refractivity contribution in [3.63, 3.8) is 0 Å². The second kappa shape index (κ2) is 7.50. The summed E-state index contributed by atoms with van der Waals surface area (Å²) in [6.45, 7) is 1.99. The third-order valence-electron chi connectivity index (χ3n) is 2.98. The molecular weight excluding hydrogens is 325 g/mol. The van der Waals surface area contributed by atoms with Crippen LogP contribution in [-0.4, -0.2) is 22.8 Å². The summed E-state index contributed by atoms with van der Waals surface area (Å²) in [7, 11) is 0.